The monoisotopic (exact) mass is 281 g/mol. The van der Waals surface area contributed by atoms with Gasteiger partial charge in [0.15, 0.2) is 0 Å². The molecule has 20 heavy (non-hydrogen) atoms. The van der Waals surface area contributed by atoms with Crippen molar-refractivity contribution >= 4 is 5.82 Å². The van der Waals surface area contributed by atoms with Gasteiger partial charge in [0.25, 0.3) is 0 Å². The molecule has 1 heterocycles. The molecule has 0 saturated carbocycles. The van der Waals surface area contributed by atoms with E-state index in [-0.39, 0.29) is 29.4 Å². The van der Waals surface area contributed by atoms with Gasteiger partial charge >= 0.3 is 6.36 Å². The lowest BCUT2D eigenvalue weighted by atomic mass is 10.1. The zero-order valence-corrected chi connectivity index (χ0v) is 10.2. The van der Waals surface area contributed by atoms with Crippen LogP contribution in [0.5, 0.6) is 5.75 Å². The van der Waals surface area contributed by atoms with Crippen molar-refractivity contribution in [1.29, 1.82) is 0 Å². The number of halogens is 3. The van der Waals surface area contributed by atoms with Gasteiger partial charge in [-0.15, -0.1) is 19.6 Å². The average molecular weight is 281 g/mol. The predicted molar refractivity (Wildman–Crippen MR) is 67.6 cm³/mol. The van der Waals surface area contributed by atoms with Gasteiger partial charge in [-0.1, -0.05) is 18.1 Å². The Labute approximate surface area is 113 Å². The summed E-state index contributed by atoms with van der Waals surface area (Å²) in [6.07, 6.45) is 1.75. The number of terminal acetylenes is 1. The zero-order chi connectivity index (χ0) is 14.8. The predicted octanol–water partition coefficient (Wildman–Crippen LogP) is 2.66. The number of hydrogen-bond acceptors (Lipinski definition) is 3. The molecule has 0 amide bonds. The highest BCUT2D eigenvalue weighted by Gasteiger charge is 2.32. The molecular weight excluding hydrogens is 271 g/mol. The first-order valence-corrected chi connectivity index (χ1v) is 5.51. The van der Waals surface area contributed by atoms with Crippen molar-refractivity contribution in [2.45, 2.75) is 12.9 Å². The Hall–Kier alpha value is -2.62. The Morgan fingerprint density at radius 3 is 2.70 bits per heavy atom. The smallest absolute Gasteiger partial charge is 0.405 e. The number of aromatic nitrogens is 2. The molecule has 104 valence electrons. The molecule has 0 radical (unpaired) electrons. The normalized spacial score (nSPS) is 11.1. The Kier molecular flexibility index (Phi) is 3.57. The summed E-state index contributed by atoms with van der Waals surface area (Å²) in [5, 5.41) is 0. The number of nitrogens with two attached hydrogens (primary N) is 1. The van der Waals surface area contributed by atoms with Crippen LogP contribution in [0.3, 0.4) is 0 Å². The summed E-state index contributed by atoms with van der Waals surface area (Å²) in [6, 6.07) is 5.64. The molecule has 2 N–H and O–H groups in total. The average Bonchev–Trinajstić information content (AvgIpc) is 2.71. The van der Waals surface area contributed by atoms with Crippen LogP contribution in [-0.4, -0.2) is 15.9 Å². The van der Waals surface area contributed by atoms with Gasteiger partial charge in [0.1, 0.15) is 17.3 Å². The SMILES string of the molecule is C#CCn1cnc(-c2ccccc2OC(F)(F)F)c1N. The third kappa shape index (κ3) is 2.85. The molecule has 0 spiro atoms. The van der Waals surface area contributed by atoms with Crippen LogP contribution in [0.4, 0.5) is 19.0 Å². The minimum absolute atomic E-state index is 0.151. The second-order valence-corrected chi connectivity index (χ2v) is 3.85. The van der Waals surface area contributed by atoms with E-state index in [0.717, 1.165) is 0 Å². The van der Waals surface area contributed by atoms with E-state index >= 15 is 0 Å². The van der Waals surface area contributed by atoms with Crippen LogP contribution >= 0.6 is 0 Å². The molecule has 0 bridgehead atoms. The first kappa shape index (κ1) is 13.8. The number of alkyl halides is 3. The highest BCUT2D eigenvalue weighted by Crippen LogP contribution is 2.35. The molecule has 1 aromatic heterocycles. The van der Waals surface area contributed by atoms with Crippen molar-refractivity contribution in [1.82, 2.24) is 9.55 Å². The van der Waals surface area contributed by atoms with E-state index in [1.165, 1.54) is 29.1 Å². The summed E-state index contributed by atoms with van der Waals surface area (Å²) >= 11 is 0. The van der Waals surface area contributed by atoms with Crippen LogP contribution in [-0.2, 0) is 6.54 Å². The summed E-state index contributed by atoms with van der Waals surface area (Å²) in [4.78, 5) is 3.99. The van der Waals surface area contributed by atoms with Gasteiger partial charge in [0.2, 0.25) is 0 Å². The Balaban J connectivity index is 2.46. The fourth-order valence-electron chi connectivity index (χ4n) is 1.70. The van der Waals surface area contributed by atoms with Crippen molar-refractivity contribution in [3.63, 3.8) is 0 Å². The molecule has 0 aliphatic rings. The molecule has 0 aliphatic heterocycles. The van der Waals surface area contributed by atoms with Gasteiger partial charge < -0.3 is 15.0 Å². The van der Waals surface area contributed by atoms with Gasteiger partial charge in [-0.3, -0.25) is 0 Å². The van der Waals surface area contributed by atoms with Crippen LogP contribution in [0.1, 0.15) is 0 Å². The van der Waals surface area contributed by atoms with E-state index in [2.05, 4.69) is 15.6 Å². The fourth-order valence-corrected chi connectivity index (χ4v) is 1.70. The minimum Gasteiger partial charge on any atom is -0.405 e. The van der Waals surface area contributed by atoms with Crippen molar-refractivity contribution in [3.05, 3.63) is 30.6 Å². The number of rotatable bonds is 3. The Morgan fingerprint density at radius 2 is 2.05 bits per heavy atom. The summed E-state index contributed by atoms with van der Waals surface area (Å²) < 4.78 is 42.5. The van der Waals surface area contributed by atoms with E-state index in [0.29, 0.717) is 0 Å². The lowest BCUT2D eigenvalue weighted by Gasteiger charge is -2.12. The van der Waals surface area contributed by atoms with Gasteiger partial charge in [0.05, 0.1) is 12.9 Å². The second kappa shape index (κ2) is 5.17. The van der Waals surface area contributed by atoms with Crippen molar-refractivity contribution in [2.24, 2.45) is 0 Å². The number of nitrogens with zero attached hydrogens (tertiary/aromatic N) is 2. The minimum atomic E-state index is -4.79. The summed E-state index contributed by atoms with van der Waals surface area (Å²) in [5.74, 6) is 2.19. The van der Waals surface area contributed by atoms with Crippen LogP contribution in [0.25, 0.3) is 11.3 Å². The van der Waals surface area contributed by atoms with Gasteiger partial charge in [-0.2, -0.15) is 0 Å². The molecule has 0 unspecified atom stereocenters. The van der Waals surface area contributed by atoms with E-state index in [1.807, 2.05) is 0 Å². The summed E-state index contributed by atoms with van der Waals surface area (Å²) in [5.41, 5.74) is 6.17. The molecule has 7 heteroatoms. The third-order valence-electron chi connectivity index (χ3n) is 2.51. The fraction of sp³-hybridized carbons (Fsp3) is 0.154. The molecule has 2 aromatic rings. The van der Waals surface area contributed by atoms with Gasteiger partial charge in [-0.05, 0) is 12.1 Å². The van der Waals surface area contributed by atoms with E-state index in [9.17, 15) is 13.2 Å². The zero-order valence-electron chi connectivity index (χ0n) is 10.2. The molecule has 4 nitrogen and oxygen atoms in total. The number of hydrogen-bond donors (Lipinski definition) is 1. The van der Waals surface area contributed by atoms with E-state index in [4.69, 9.17) is 12.2 Å². The number of nitrogen functional groups attached to an aromatic ring is 1. The maximum atomic E-state index is 12.4. The lowest BCUT2D eigenvalue weighted by molar-refractivity contribution is -0.274. The van der Waals surface area contributed by atoms with Crippen LogP contribution < -0.4 is 10.5 Å². The summed E-state index contributed by atoms with van der Waals surface area (Å²) in [6.45, 7) is 0.182. The van der Waals surface area contributed by atoms with E-state index < -0.39 is 6.36 Å². The standard InChI is InChI=1S/C13H10F3N3O/c1-2-7-19-8-18-11(12(19)17)9-5-3-4-6-10(9)20-13(14,15)16/h1,3-6,8H,7,17H2. The van der Waals surface area contributed by atoms with Gasteiger partial charge in [0, 0.05) is 5.56 Å². The van der Waals surface area contributed by atoms with Crippen LogP contribution in [0.2, 0.25) is 0 Å². The molecule has 1 aromatic carbocycles. The molecule has 0 atom stereocenters. The topological polar surface area (TPSA) is 53.1 Å². The largest absolute Gasteiger partial charge is 0.573 e. The molecular formula is C13H10F3N3O. The molecule has 0 fully saturated rings. The van der Waals surface area contributed by atoms with Crippen molar-refractivity contribution < 1.29 is 17.9 Å². The summed E-state index contributed by atoms with van der Waals surface area (Å²) in [7, 11) is 0. The number of benzene rings is 1. The number of anilines is 1. The van der Waals surface area contributed by atoms with Crippen molar-refractivity contribution in [3.8, 4) is 29.4 Å². The number of ether oxygens (including phenoxy) is 1. The Morgan fingerprint density at radius 1 is 1.35 bits per heavy atom. The molecule has 2 rings (SSSR count). The quantitative estimate of drug-likeness (QED) is 0.880. The van der Waals surface area contributed by atoms with Gasteiger partial charge in [-0.25, -0.2) is 4.98 Å². The Bertz CT molecular complexity index is 656. The lowest BCUT2D eigenvalue weighted by Crippen LogP contribution is -2.17. The first-order chi connectivity index (χ1) is 9.42. The molecule has 0 saturated heterocycles. The maximum Gasteiger partial charge on any atom is 0.573 e. The highest BCUT2D eigenvalue weighted by atomic mass is 19.4. The van der Waals surface area contributed by atoms with E-state index in [1.54, 1.807) is 6.07 Å². The second-order valence-electron chi connectivity index (χ2n) is 3.85. The maximum absolute atomic E-state index is 12.4. The number of para-hydroxylation sites is 1. The first-order valence-electron chi connectivity index (χ1n) is 5.51. The number of imidazole rings is 1. The molecule has 0 aliphatic carbocycles. The van der Waals surface area contributed by atoms with Crippen LogP contribution in [0, 0.1) is 12.3 Å². The van der Waals surface area contributed by atoms with Crippen LogP contribution in [0.15, 0.2) is 30.6 Å². The highest BCUT2D eigenvalue weighted by molar-refractivity contribution is 5.75. The third-order valence-corrected chi connectivity index (χ3v) is 2.51. The van der Waals surface area contributed by atoms with Crippen molar-refractivity contribution in [2.75, 3.05) is 5.73 Å².